The van der Waals surface area contributed by atoms with Crippen molar-refractivity contribution in [3.05, 3.63) is 36.4 Å². The second kappa shape index (κ2) is 24.3. The van der Waals surface area contributed by atoms with Gasteiger partial charge in [0.05, 0.1) is 45.1 Å². The lowest BCUT2D eigenvalue weighted by Gasteiger charge is -2.27. The zero-order chi connectivity index (χ0) is 33.2. The van der Waals surface area contributed by atoms with E-state index in [-0.39, 0.29) is 63.7 Å². The van der Waals surface area contributed by atoms with Crippen LogP contribution in [-0.4, -0.2) is 103 Å². The number of H-pyrrole nitrogens is 2. The number of hydrogen-bond donors (Lipinski definition) is 7. The first-order chi connectivity index (χ1) is 21.7. The van der Waals surface area contributed by atoms with Gasteiger partial charge in [-0.25, -0.2) is 9.97 Å². The number of ether oxygens (including phenoxy) is 3. The van der Waals surface area contributed by atoms with Crippen LogP contribution in [0.15, 0.2) is 30.2 Å². The average Bonchev–Trinajstić information content (AvgIpc) is 3.73. The third kappa shape index (κ3) is 19.8. The second-order valence-electron chi connectivity index (χ2n) is 10.4. The molecule has 3 amide bonds. The Bertz CT molecular complexity index is 1050. The molecule has 2 heterocycles. The molecule has 8 N–H and O–H groups in total. The molecular weight excluding hydrogens is 586 g/mol. The highest BCUT2D eigenvalue weighted by Gasteiger charge is 2.29. The molecule has 0 atom stereocenters. The fraction of sp³-hybridized carbons (Fsp3) is 0.679. The number of imidazole rings is 2. The van der Waals surface area contributed by atoms with Crippen LogP contribution in [0.3, 0.4) is 0 Å². The Balaban J connectivity index is 0.00000187. The van der Waals surface area contributed by atoms with Crippen molar-refractivity contribution in [3.63, 3.8) is 0 Å². The molecule has 17 nitrogen and oxygen atoms in total. The Morgan fingerprint density at radius 3 is 1.89 bits per heavy atom. The van der Waals surface area contributed by atoms with Gasteiger partial charge in [-0.05, 0) is 13.3 Å². The number of carbonyl (C=O) groups excluding carboxylic acids is 3. The van der Waals surface area contributed by atoms with Crippen molar-refractivity contribution in [2.75, 3.05) is 59.4 Å². The summed E-state index contributed by atoms with van der Waals surface area (Å²) in [7, 11) is 0. The van der Waals surface area contributed by atoms with E-state index in [1.165, 1.54) is 0 Å². The van der Waals surface area contributed by atoms with Crippen LogP contribution in [0, 0.1) is 10.9 Å². The summed E-state index contributed by atoms with van der Waals surface area (Å²) >= 11 is 0. The summed E-state index contributed by atoms with van der Waals surface area (Å²) in [4.78, 5) is 53.6. The lowest BCUT2D eigenvalue weighted by atomic mass is 9.88. The maximum absolute atomic E-state index is 13.0. The second-order valence-corrected chi connectivity index (χ2v) is 10.4. The molecule has 0 bridgehead atoms. The number of hydrogen-bond acceptors (Lipinski definition) is 11. The van der Waals surface area contributed by atoms with Crippen molar-refractivity contribution >= 4 is 17.7 Å². The molecule has 0 spiro atoms. The van der Waals surface area contributed by atoms with Crippen LogP contribution in [0.4, 0.5) is 0 Å². The van der Waals surface area contributed by atoms with Crippen molar-refractivity contribution in [3.8, 4) is 0 Å². The van der Waals surface area contributed by atoms with E-state index in [9.17, 15) is 14.4 Å². The summed E-state index contributed by atoms with van der Waals surface area (Å²) in [5.74, 6) is -0.378. The van der Waals surface area contributed by atoms with Crippen molar-refractivity contribution in [1.29, 1.82) is 5.53 Å². The highest BCUT2D eigenvalue weighted by atomic mass is 16.5. The van der Waals surface area contributed by atoms with E-state index in [1.807, 2.05) is 20.8 Å². The number of aromatic amines is 2. The van der Waals surface area contributed by atoms with Gasteiger partial charge < -0.3 is 45.9 Å². The lowest BCUT2D eigenvalue weighted by molar-refractivity contribution is -0.132. The molecule has 0 aliphatic carbocycles. The summed E-state index contributed by atoms with van der Waals surface area (Å²) in [6, 6.07) is -0.439. The van der Waals surface area contributed by atoms with Crippen molar-refractivity contribution in [2.45, 2.75) is 58.9 Å². The number of carbonyl (C=O) groups is 3. The Morgan fingerprint density at radius 2 is 1.49 bits per heavy atom. The van der Waals surface area contributed by atoms with Gasteiger partial charge in [-0.3, -0.25) is 14.4 Å². The van der Waals surface area contributed by atoms with E-state index in [4.69, 9.17) is 25.5 Å². The van der Waals surface area contributed by atoms with Crippen LogP contribution < -0.4 is 26.6 Å². The molecule has 0 aliphatic rings. The molecule has 2 rings (SSSR count). The van der Waals surface area contributed by atoms with Crippen LogP contribution in [0.5, 0.6) is 0 Å². The topological polar surface area (TPSA) is 249 Å². The zero-order valence-corrected chi connectivity index (χ0v) is 26.6. The maximum atomic E-state index is 13.0. The van der Waals surface area contributed by atoms with Crippen molar-refractivity contribution in [2.24, 2.45) is 16.3 Å². The molecule has 2 aromatic rings. The Labute approximate surface area is 263 Å². The van der Waals surface area contributed by atoms with E-state index in [1.54, 1.807) is 25.0 Å². The van der Waals surface area contributed by atoms with Gasteiger partial charge in [0.15, 0.2) is 6.67 Å². The van der Waals surface area contributed by atoms with Gasteiger partial charge in [-0.2, -0.15) is 0 Å². The number of rotatable bonds is 23. The molecule has 0 aliphatic heterocycles. The van der Waals surface area contributed by atoms with Crippen LogP contribution in [0.1, 0.15) is 51.4 Å². The third-order valence-electron chi connectivity index (χ3n) is 6.31. The van der Waals surface area contributed by atoms with Gasteiger partial charge >= 0.3 is 0 Å². The van der Waals surface area contributed by atoms with Gasteiger partial charge in [0.2, 0.25) is 22.6 Å². The fourth-order valence-electron chi connectivity index (χ4n) is 3.61. The van der Waals surface area contributed by atoms with Gasteiger partial charge in [0.25, 0.3) is 0 Å². The summed E-state index contributed by atoms with van der Waals surface area (Å²) in [5.41, 5.74) is 12.0. The zero-order valence-electron chi connectivity index (χ0n) is 26.6. The van der Waals surface area contributed by atoms with E-state index in [0.29, 0.717) is 45.6 Å². The van der Waals surface area contributed by atoms with Crippen LogP contribution in [-0.2, 0) is 41.4 Å². The number of nitrogens with one attached hydrogen (secondary N) is 6. The molecule has 0 saturated carbocycles. The first-order valence-corrected chi connectivity index (χ1v) is 15.0. The van der Waals surface area contributed by atoms with Gasteiger partial charge in [-0.1, -0.05) is 13.8 Å². The highest BCUT2D eigenvalue weighted by Crippen LogP contribution is 2.20. The van der Waals surface area contributed by atoms with Crippen LogP contribution >= 0.6 is 0 Å². The average molecular weight is 637 g/mol. The highest BCUT2D eigenvalue weighted by molar-refractivity contribution is 5.82. The van der Waals surface area contributed by atoms with Gasteiger partial charge in [-0.15, -0.1) is 0 Å². The molecule has 0 unspecified atom stereocenters. The van der Waals surface area contributed by atoms with Crippen molar-refractivity contribution in [1.82, 2.24) is 40.8 Å². The third-order valence-corrected chi connectivity index (χ3v) is 6.31. The first-order valence-electron chi connectivity index (χ1n) is 15.0. The predicted molar refractivity (Wildman–Crippen MR) is 165 cm³/mol. The quantitative estimate of drug-likeness (QED) is 0.0504. The standard InChI is InChI=1S/C27H45N7O6.CH5N4/c1-4-38-14-9-27(2,3)26(37)34-23(17-39-12-7-24(35)30-10-5-21-15-28-19-32-21)18-40-13-8-25(36)31-11-6-22-16-29-20-33-22;2-1-4-5-3/h15-16,19-20,23H,4-14,17-18H2,1-3H3,(H,28,32)(H,29,33)(H,30,35)(H,31,36)(H,34,37);3H,1-2H2/q;+1. The summed E-state index contributed by atoms with van der Waals surface area (Å²) in [6.07, 6.45) is 8.94. The Hall–Kier alpha value is -4.02. The maximum Gasteiger partial charge on any atom is 0.226 e. The minimum absolute atomic E-state index is 0.115. The number of aromatic nitrogens is 4. The monoisotopic (exact) mass is 636 g/mol. The molecule has 0 fully saturated rings. The van der Waals surface area contributed by atoms with Gasteiger partial charge in [0, 0.05) is 81.2 Å². The minimum atomic E-state index is -0.642. The SMILES string of the molecule is CCOCCC(C)(C)C(=O)NC(COCCC(=O)NCCc1cnc[nH]1)COCCC(=O)NCCc1cnc[nH]1.N=[N+]=NCN. The van der Waals surface area contributed by atoms with E-state index < -0.39 is 11.5 Å². The minimum Gasteiger partial charge on any atom is -0.382 e. The molecule has 0 aromatic carbocycles. The van der Waals surface area contributed by atoms with E-state index in [0.717, 1.165) is 11.4 Å². The predicted octanol–water partition coefficient (Wildman–Crippen LogP) is 0.354. The Kier molecular flexibility index (Phi) is 21.1. The first kappa shape index (κ1) is 39.0. The summed E-state index contributed by atoms with van der Waals surface area (Å²) < 4.78 is 16.8. The lowest BCUT2D eigenvalue weighted by Crippen LogP contribution is -2.47. The Morgan fingerprint density at radius 1 is 0.956 bits per heavy atom. The molecular formula is C28H50N11O6+. The molecule has 0 saturated heterocycles. The van der Waals surface area contributed by atoms with Crippen LogP contribution in [0.25, 0.3) is 0 Å². The number of nitrogens with two attached hydrogens (primary N) is 1. The molecule has 2 aromatic heterocycles. The molecule has 0 radical (unpaired) electrons. The van der Waals surface area contributed by atoms with Crippen molar-refractivity contribution < 1.29 is 28.6 Å². The smallest absolute Gasteiger partial charge is 0.226 e. The van der Waals surface area contributed by atoms with E-state index in [2.05, 4.69) is 45.9 Å². The molecule has 252 valence electrons. The summed E-state index contributed by atoms with van der Waals surface area (Å²) in [5, 5.41) is 11.7. The van der Waals surface area contributed by atoms with Gasteiger partial charge in [0.1, 0.15) is 10.6 Å². The van der Waals surface area contributed by atoms with E-state index >= 15 is 0 Å². The normalized spacial score (nSPS) is 10.9. The summed E-state index contributed by atoms with van der Waals surface area (Å²) in [6.45, 7) is 8.58. The molecule has 17 heteroatoms. The molecule has 45 heavy (non-hydrogen) atoms. The van der Waals surface area contributed by atoms with Crippen LogP contribution in [0.2, 0.25) is 0 Å². The fourth-order valence-corrected chi connectivity index (χ4v) is 3.61. The largest absolute Gasteiger partial charge is 0.382 e. The number of nitrogens with zero attached hydrogens (tertiary/aromatic N) is 4. The number of amides is 3.